The summed E-state index contributed by atoms with van der Waals surface area (Å²) in [6, 6.07) is 4.78. The minimum absolute atomic E-state index is 0.0463. The normalized spacial score (nSPS) is 21.2. The molecule has 2 aromatic rings. The van der Waals surface area contributed by atoms with Gasteiger partial charge in [0.2, 0.25) is 5.91 Å². The van der Waals surface area contributed by atoms with E-state index in [1.165, 1.54) is 6.07 Å². The quantitative estimate of drug-likeness (QED) is 0.663. The summed E-state index contributed by atoms with van der Waals surface area (Å²) in [6.45, 7) is 8.36. The van der Waals surface area contributed by atoms with Crippen LogP contribution >= 0.6 is 0 Å². The molecular formula is C25H34FN3O4S. The molecule has 1 N–H and O–H groups in total. The van der Waals surface area contributed by atoms with Gasteiger partial charge >= 0.3 is 0 Å². The number of halogens is 1. The summed E-state index contributed by atoms with van der Waals surface area (Å²) in [5.41, 5.74) is 2.48. The third-order valence-electron chi connectivity index (χ3n) is 7.02. The highest BCUT2D eigenvalue weighted by molar-refractivity contribution is 7.91. The van der Waals surface area contributed by atoms with Crippen molar-refractivity contribution in [1.82, 2.24) is 15.1 Å². The molecule has 0 spiro atoms. The standard InChI is InChI=1S/C25H34FN3O4S/c1-5-33-18-7-9-21(26)20(15-18)23-19-8-6-17(14-22(19)29(28-23)16(2)3)24(30)27-25(4)10-12-34(31,32)13-11-25/h7,9,15-17H,5-6,8,10-14H2,1-4H3,(H,27,30)/t17-/m1/s1. The molecule has 1 aliphatic carbocycles. The number of nitrogens with one attached hydrogen (secondary N) is 1. The topological polar surface area (TPSA) is 90.3 Å². The first-order chi connectivity index (χ1) is 16.0. The van der Waals surface area contributed by atoms with E-state index >= 15 is 0 Å². The number of nitrogens with zero attached hydrogens (tertiary/aromatic N) is 2. The Balaban J connectivity index is 1.59. The van der Waals surface area contributed by atoms with Crippen LogP contribution in [0.4, 0.5) is 4.39 Å². The van der Waals surface area contributed by atoms with Crippen LogP contribution in [0, 0.1) is 11.7 Å². The van der Waals surface area contributed by atoms with Crippen molar-refractivity contribution < 1.29 is 22.3 Å². The number of benzene rings is 1. The van der Waals surface area contributed by atoms with Gasteiger partial charge in [-0.05, 0) is 71.6 Å². The van der Waals surface area contributed by atoms with Crippen molar-refractivity contribution >= 4 is 15.7 Å². The van der Waals surface area contributed by atoms with E-state index < -0.39 is 15.4 Å². The lowest BCUT2D eigenvalue weighted by Gasteiger charge is -2.36. The molecule has 1 aromatic carbocycles. The lowest BCUT2D eigenvalue weighted by Crippen LogP contribution is -2.53. The van der Waals surface area contributed by atoms with Gasteiger partial charge in [0, 0.05) is 40.7 Å². The molecular weight excluding hydrogens is 457 g/mol. The molecule has 0 unspecified atom stereocenters. The Morgan fingerprint density at radius 3 is 2.68 bits per heavy atom. The van der Waals surface area contributed by atoms with Crippen molar-refractivity contribution in [2.75, 3.05) is 18.1 Å². The molecule has 7 nitrogen and oxygen atoms in total. The number of hydrogen-bond donors (Lipinski definition) is 1. The Hall–Kier alpha value is -2.42. The third kappa shape index (κ3) is 4.99. The summed E-state index contributed by atoms with van der Waals surface area (Å²) in [7, 11) is -3.01. The van der Waals surface area contributed by atoms with E-state index in [0.717, 1.165) is 11.3 Å². The number of carbonyl (C=O) groups is 1. The maximum absolute atomic E-state index is 14.8. The van der Waals surface area contributed by atoms with Gasteiger partial charge in [0.05, 0.1) is 23.8 Å². The highest BCUT2D eigenvalue weighted by atomic mass is 32.2. The largest absolute Gasteiger partial charge is 0.494 e. The second-order valence-corrected chi connectivity index (χ2v) is 12.3. The molecule has 0 bridgehead atoms. The summed E-state index contributed by atoms with van der Waals surface area (Å²) in [6.07, 6.45) is 2.65. The van der Waals surface area contributed by atoms with E-state index in [2.05, 4.69) is 5.32 Å². The molecule has 0 saturated carbocycles. The van der Waals surface area contributed by atoms with Crippen LogP contribution in [-0.2, 0) is 27.5 Å². The number of hydrogen-bond acceptors (Lipinski definition) is 5. The van der Waals surface area contributed by atoms with Crippen LogP contribution in [0.5, 0.6) is 5.75 Å². The van der Waals surface area contributed by atoms with Gasteiger partial charge in [-0.15, -0.1) is 0 Å². The Morgan fingerprint density at radius 2 is 2.03 bits per heavy atom. The molecule has 0 radical (unpaired) electrons. The Labute approximate surface area is 201 Å². The average Bonchev–Trinajstić information content (AvgIpc) is 3.17. The molecule has 2 heterocycles. The number of ether oxygens (including phenoxy) is 1. The molecule has 2 aliphatic rings. The number of carbonyl (C=O) groups excluding carboxylic acids is 1. The SMILES string of the molecule is CCOc1ccc(F)c(-c2nn(C(C)C)c3c2CC[C@@H](C(=O)NC2(C)CCS(=O)(=O)CC2)C3)c1. The Morgan fingerprint density at radius 1 is 1.32 bits per heavy atom. The molecule has 1 aromatic heterocycles. The molecule has 4 rings (SSSR count). The lowest BCUT2D eigenvalue weighted by molar-refractivity contribution is -0.127. The maximum atomic E-state index is 14.8. The molecule has 1 fully saturated rings. The van der Waals surface area contributed by atoms with E-state index in [0.29, 0.717) is 55.7 Å². The zero-order valence-electron chi connectivity index (χ0n) is 20.4. The van der Waals surface area contributed by atoms with Crippen LogP contribution in [0.25, 0.3) is 11.3 Å². The van der Waals surface area contributed by atoms with Gasteiger partial charge in [0.25, 0.3) is 0 Å². The first-order valence-corrected chi connectivity index (χ1v) is 13.9. The van der Waals surface area contributed by atoms with E-state index in [1.807, 2.05) is 32.4 Å². The molecule has 1 amide bonds. The fraction of sp³-hybridized carbons (Fsp3) is 0.600. The minimum atomic E-state index is -3.01. The third-order valence-corrected chi connectivity index (χ3v) is 8.67. The maximum Gasteiger partial charge on any atom is 0.223 e. The van der Waals surface area contributed by atoms with Crippen molar-refractivity contribution in [3.05, 3.63) is 35.3 Å². The van der Waals surface area contributed by atoms with Crippen LogP contribution < -0.4 is 10.1 Å². The lowest BCUT2D eigenvalue weighted by atomic mass is 9.84. The second kappa shape index (κ2) is 9.32. The summed E-state index contributed by atoms with van der Waals surface area (Å²) < 4.78 is 45.9. The molecule has 1 saturated heterocycles. The van der Waals surface area contributed by atoms with Gasteiger partial charge in [0.15, 0.2) is 0 Å². The fourth-order valence-electron chi connectivity index (χ4n) is 4.96. The van der Waals surface area contributed by atoms with Gasteiger partial charge in [-0.3, -0.25) is 9.48 Å². The van der Waals surface area contributed by atoms with Crippen molar-refractivity contribution in [3.63, 3.8) is 0 Å². The predicted octanol–water partition coefficient (Wildman–Crippen LogP) is 3.86. The van der Waals surface area contributed by atoms with Gasteiger partial charge in [0.1, 0.15) is 21.4 Å². The first-order valence-electron chi connectivity index (χ1n) is 12.1. The van der Waals surface area contributed by atoms with Crippen molar-refractivity contribution in [1.29, 1.82) is 0 Å². The first kappa shape index (κ1) is 24.7. The predicted molar refractivity (Wildman–Crippen MR) is 129 cm³/mol. The van der Waals surface area contributed by atoms with E-state index in [-0.39, 0.29) is 35.2 Å². The van der Waals surface area contributed by atoms with Crippen molar-refractivity contribution in [3.8, 4) is 17.0 Å². The molecule has 1 aliphatic heterocycles. The van der Waals surface area contributed by atoms with Gasteiger partial charge in [-0.25, -0.2) is 12.8 Å². The highest BCUT2D eigenvalue weighted by Crippen LogP contribution is 2.37. The van der Waals surface area contributed by atoms with E-state index in [9.17, 15) is 17.6 Å². The van der Waals surface area contributed by atoms with E-state index in [1.54, 1.807) is 12.1 Å². The van der Waals surface area contributed by atoms with Crippen LogP contribution in [-0.4, -0.2) is 47.8 Å². The summed E-state index contributed by atoms with van der Waals surface area (Å²) in [5, 5.41) is 7.93. The molecule has 34 heavy (non-hydrogen) atoms. The zero-order chi connectivity index (χ0) is 24.7. The van der Waals surface area contributed by atoms with Crippen molar-refractivity contribution in [2.24, 2.45) is 5.92 Å². The average molecular weight is 492 g/mol. The van der Waals surface area contributed by atoms with Gasteiger partial charge < -0.3 is 10.1 Å². The number of sulfone groups is 1. The number of fused-ring (bicyclic) bond motifs is 1. The van der Waals surface area contributed by atoms with Crippen LogP contribution in [0.2, 0.25) is 0 Å². The minimum Gasteiger partial charge on any atom is -0.494 e. The zero-order valence-corrected chi connectivity index (χ0v) is 21.2. The number of rotatable bonds is 6. The van der Waals surface area contributed by atoms with Gasteiger partial charge in [-0.1, -0.05) is 0 Å². The summed E-state index contributed by atoms with van der Waals surface area (Å²) >= 11 is 0. The fourth-order valence-corrected chi connectivity index (χ4v) is 6.69. The summed E-state index contributed by atoms with van der Waals surface area (Å²) in [4.78, 5) is 13.2. The molecule has 186 valence electrons. The van der Waals surface area contributed by atoms with Gasteiger partial charge in [-0.2, -0.15) is 5.10 Å². The monoisotopic (exact) mass is 491 g/mol. The smallest absolute Gasteiger partial charge is 0.223 e. The van der Waals surface area contributed by atoms with Crippen LogP contribution in [0.15, 0.2) is 18.2 Å². The summed E-state index contributed by atoms with van der Waals surface area (Å²) in [5.74, 6) is 0.185. The van der Waals surface area contributed by atoms with Crippen molar-refractivity contribution in [2.45, 2.75) is 71.4 Å². The second-order valence-electron chi connectivity index (χ2n) is 10.0. The molecule has 9 heteroatoms. The van der Waals surface area contributed by atoms with E-state index in [4.69, 9.17) is 9.84 Å². The van der Waals surface area contributed by atoms with Crippen LogP contribution in [0.3, 0.4) is 0 Å². The number of amides is 1. The van der Waals surface area contributed by atoms with Crippen LogP contribution in [0.1, 0.15) is 64.3 Å². The molecule has 1 atom stereocenters. The Bertz CT molecular complexity index is 1180. The Kier molecular flexibility index (Phi) is 6.77. The highest BCUT2D eigenvalue weighted by Gasteiger charge is 2.38. The number of aromatic nitrogens is 2.